The van der Waals surface area contributed by atoms with E-state index in [1.165, 1.54) is 0 Å². The third-order valence-electron chi connectivity index (χ3n) is 4.99. The van der Waals surface area contributed by atoms with E-state index in [1.807, 2.05) is 18.2 Å². The van der Waals surface area contributed by atoms with Crippen LogP contribution in [0.25, 0.3) is 11.0 Å². The number of aromatic nitrogens is 1. The molecule has 0 radical (unpaired) electrons. The number of piperidine rings is 1. The van der Waals surface area contributed by atoms with Crippen molar-refractivity contribution in [3.05, 3.63) is 18.2 Å². The van der Waals surface area contributed by atoms with Gasteiger partial charge in [0.1, 0.15) is 17.2 Å². The van der Waals surface area contributed by atoms with Crippen molar-refractivity contribution in [3.63, 3.8) is 0 Å². The molecule has 6 nitrogen and oxygen atoms in total. The molecule has 24 heavy (non-hydrogen) atoms. The fourth-order valence-electron chi connectivity index (χ4n) is 3.58. The van der Waals surface area contributed by atoms with Crippen molar-refractivity contribution in [2.24, 2.45) is 5.92 Å². The van der Waals surface area contributed by atoms with Crippen molar-refractivity contribution in [1.82, 2.24) is 10.5 Å². The van der Waals surface area contributed by atoms with Crippen molar-refractivity contribution in [2.45, 2.75) is 44.3 Å². The van der Waals surface area contributed by atoms with Crippen LogP contribution in [0.4, 0.5) is 0 Å². The lowest BCUT2D eigenvalue weighted by atomic mass is 9.99. The zero-order valence-corrected chi connectivity index (χ0v) is 13.7. The van der Waals surface area contributed by atoms with Gasteiger partial charge in [-0.05, 0) is 62.0 Å². The lowest BCUT2D eigenvalue weighted by Gasteiger charge is -2.22. The third-order valence-corrected chi connectivity index (χ3v) is 4.99. The van der Waals surface area contributed by atoms with Gasteiger partial charge in [-0.3, -0.25) is 0 Å². The molecule has 4 rings (SSSR count). The molecule has 1 aliphatic heterocycles. The molecule has 1 aromatic heterocycles. The van der Waals surface area contributed by atoms with Crippen LogP contribution in [0.3, 0.4) is 0 Å². The van der Waals surface area contributed by atoms with Crippen LogP contribution in [-0.2, 0) is 0 Å². The number of fused-ring (bicyclic) bond motifs is 1. The molecule has 2 unspecified atom stereocenters. The van der Waals surface area contributed by atoms with E-state index >= 15 is 0 Å². The van der Waals surface area contributed by atoms with Gasteiger partial charge in [0.05, 0.1) is 12.7 Å². The van der Waals surface area contributed by atoms with Crippen molar-refractivity contribution in [2.75, 3.05) is 19.7 Å². The second-order valence-electron chi connectivity index (χ2n) is 6.83. The zero-order valence-electron chi connectivity index (χ0n) is 13.7. The van der Waals surface area contributed by atoms with Gasteiger partial charge in [0.15, 0.2) is 5.58 Å². The van der Waals surface area contributed by atoms with Gasteiger partial charge < -0.3 is 24.4 Å². The second kappa shape index (κ2) is 6.99. The molecule has 2 N–H and O–H groups in total. The Morgan fingerprint density at radius 3 is 2.88 bits per heavy atom. The Bertz CT molecular complexity index is 681. The lowest BCUT2D eigenvalue weighted by Crippen LogP contribution is -2.30. The SMILES string of the molecule is OC1CCC(Oc2cccc3onc(OCC4CCNCC4)c23)C1. The molecule has 1 saturated carbocycles. The molecule has 1 saturated heterocycles. The van der Waals surface area contributed by atoms with E-state index in [9.17, 15) is 5.11 Å². The molecule has 1 aromatic carbocycles. The van der Waals surface area contributed by atoms with Gasteiger partial charge in [-0.1, -0.05) is 6.07 Å². The number of hydrogen-bond acceptors (Lipinski definition) is 6. The number of hydrogen-bond donors (Lipinski definition) is 2. The first-order chi connectivity index (χ1) is 11.8. The maximum Gasteiger partial charge on any atom is 0.265 e. The summed E-state index contributed by atoms with van der Waals surface area (Å²) in [6, 6.07) is 5.68. The largest absolute Gasteiger partial charge is 0.489 e. The van der Waals surface area contributed by atoms with E-state index in [1.54, 1.807) is 0 Å². The molecule has 0 spiro atoms. The minimum absolute atomic E-state index is 0.0396. The molecule has 130 valence electrons. The molecular formula is C18H24N2O4. The molecule has 2 fully saturated rings. The van der Waals surface area contributed by atoms with Gasteiger partial charge in [-0.2, -0.15) is 0 Å². The van der Waals surface area contributed by atoms with Crippen LogP contribution in [0.5, 0.6) is 11.6 Å². The molecule has 0 bridgehead atoms. The number of nitrogens with one attached hydrogen (secondary N) is 1. The fraction of sp³-hybridized carbons (Fsp3) is 0.611. The maximum absolute atomic E-state index is 9.69. The first-order valence-electron chi connectivity index (χ1n) is 8.86. The monoisotopic (exact) mass is 332 g/mol. The smallest absolute Gasteiger partial charge is 0.265 e. The van der Waals surface area contributed by atoms with E-state index in [4.69, 9.17) is 14.0 Å². The Morgan fingerprint density at radius 2 is 2.08 bits per heavy atom. The Hall–Kier alpha value is -1.79. The molecule has 2 aromatic rings. The maximum atomic E-state index is 9.69. The van der Waals surface area contributed by atoms with Gasteiger partial charge in [0.25, 0.3) is 5.88 Å². The normalized spacial score (nSPS) is 25.2. The number of benzene rings is 1. The number of aliphatic hydroxyl groups is 1. The van der Waals surface area contributed by atoms with Gasteiger partial charge >= 0.3 is 0 Å². The Kier molecular flexibility index (Phi) is 4.58. The highest BCUT2D eigenvalue weighted by molar-refractivity contribution is 5.88. The van der Waals surface area contributed by atoms with Gasteiger partial charge in [-0.25, -0.2) is 0 Å². The quantitative estimate of drug-likeness (QED) is 0.876. The molecule has 2 atom stereocenters. The van der Waals surface area contributed by atoms with E-state index in [0.717, 1.165) is 49.9 Å². The van der Waals surface area contributed by atoms with Crippen LogP contribution >= 0.6 is 0 Å². The highest BCUT2D eigenvalue weighted by Gasteiger charge is 2.26. The second-order valence-corrected chi connectivity index (χ2v) is 6.83. The topological polar surface area (TPSA) is 76.8 Å². The third kappa shape index (κ3) is 3.35. The van der Waals surface area contributed by atoms with Crippen LogP contribution in [-0.4, -0.2) is 42.2 Å². The Morgan fingerprint density at radius 1 is 1.21 bits per heavy atom. The summed E-state index contributed by atoms with van der Waals surface area (Å²) >= 11 is 0. The predicted molar refractivity (Wildman–Crippen MR) is 89.4 cm³/mol. The van der Waals surface area contributed by atoms with Crippen molar-refractivity contribution >= 4 is 11.0 Å². The summed E-state index contributed by atoms with van der Waals surface area (Å²) in [6.45, 7) is 2.75. The van der Waals surface area contributed by atoms with Crippen LogP contribution < -0.4 is 14.8 Å². The minimum atomic E-state index is -0.257. The average molecular weight is 332 g/mol. The van der Waals surface area contributed by atoms with Gasteiger partial charge in [0.2, 0.25) is 0 Å². The molecule has 2 aliphatic rings. The summed E-state index contributed by atoms with van der Waals surface area (Å²) in [5.41, 5.74) is 0.673. The standard InChI is InChI=1S/C18H24N2O4/c21-13-4-5-14(10-13)23-15-2-1-3-16-17(15)18(20-24-16)22-11-12-6-8-19-9-7-12/h1-3,12-14,19,21H,4-11H2. The zero-order chi connectivity index (χ0) is 16.4. The molecule has 1 aliphatic carbocycles. The lowest BCUT2D eigenvalue weighted by molar-refractivity contribution is 0.150. The molecule has 6 heteroatoms. The number of ether oxygens (including phenoxy) is 2. The van der Waals surface area contributed by atoms with Crippen molar-refractivity contribution in [1.29, 1.82) is 0 Å². The van der Waals surface area contributed by atoms with Gasteiger partial charge in [-0.15, -0.1) is 0 Å². The Balaban J connectivity index is 1.50. The average Bonchev–Trinajstić information content (AvgIpc) is 3.21. The van der Waals surface area contributed by atoms with Gasteiger partial charge in [0, 0.05) is 6.42 Å². The summed E-state index contributed by atoms with van der Waals surface area (Å²) in [4.78, 5) is 0. The van der Waals surface area contributed by atoms with E-state index in [-0.39, 0.29) is 12.2 Å². The van der Waals surface area contributed by atoms with Crippen LogP contribution in [0.1, 0.15) is 32.1 Å². The highest BCUT2D eigenvalue weighted by Crippen LogP contribution is 2.36. The van der Waals surface area contributed by atoms with Crippen LogP contribution in [0, 0.1) is 5.92 Å². The Labute approximate surface area is 141 Å². The van der Waals surface area contributed by atoms with E-state index in [2.05, 4.69) is 10.5 Å². The minimum Gasteiger partial charge on any atom is -0.489 e. The summed E-state index contributed by atoms with van der Waals surface area (Å²) < 4.78 is 17.5. The number of rotatable bonds is 5. The molecular weight excluding hydrogens is 308 g/mol. The van der Waals surface area contributed by atoms with Crippen LogP contribution in [0.2, 0.25) is 0 Å². The predicted octanol–water partition coefficient (Wildman–Crippen LogP) is 2.50. The first kappa shape index (κ1) is 15.7. The fourth-order valence-corrected chi connectivity index (χ4v) is 3.58. The number of aliphatic hydroxyl groups excluding tert-OH is 1. The van der Waals surface area contributed by atoms with E-state index in [0.29, 0.717) is 30.4 Å². The van der Waals surface area contributed by atoms with Crippen molar-refractivity contribution in [3.8, 4) is 11.6 Å². The van der Waals surface area contributed by atoms with E-state index < -0.39 is 0 Å². The number of nitrogens with zero attached hydrogens (tertiary/aromatic N) is 1. The summed E-state index contributed by atoms with van der Waals surface area (Å²) in [5.74, 6) is 1.79. The molecule has 0 amide bonds. The van der Waals surface area contributed by atoms with Crippen molar-refractivity contribution < 1.29 is 19.1 Å². The van der Waals surface area contributed by atoms with Crippen LogP contribution in [0.15, 0.2) is 22.7 Å². The molecule has 2 heterocycles. The summed E-state index contributed by atoms with van der Waals surface area (Å²) in [7, 11) is 0. The first-order valence-corrected chi connectivity index (χ1v) is 8.86. The summed E-state index contributed by atoms with van der Waals surface area (Å²) in [5, 5.41) is 17.9. The highest BCUT2D eigenvalue weighted by atomic mass is 16.5. The summed E-state index contributed by atoms with van der Waals surface area (Å²) in [6.07, 6.45) is 4.37.